The number of carbonyl (C=O) groups excluding carboxylic acids is 1. The quantitative estimate of drug-likeness (QED) is 0.654. The normalized spacial score (nSPS) is 20.4. The van der Waals surface area contributed by atoms with Crippen LogP contribution in [0.25, 0.3) is 0 Å². The fourth-order valence-corrected chi connectivity index (χ4v) is 3.53. The van der Waals surface area contributed by atoms with E-state index in [0.717, 1.165) is 16.0 Å². The first-order valence-electron chi connectivity index (χ1n) is 7.09. The molecule has 2 heterocycles. The van der Waals surface area contributed by atoms with Gasteiger partial charge in [0.25, 0.3) is 0 Å². The molecule has 1 aliphatic heterocycles. The molecule has 2 aromatic rings. The topological polar surface area (TPSA) is 59.6 Å². The second-order valence-corrected chi connectivity index (χ2v) is 6.00. The number of rotatable bonds is 5. The number of hydrogen-bond donors (Lipinski definition) is 2. The molecule has 5 nitrogen and oxygen atoms in total. The standard InChI is InChI=1S/C16H18N2O3S/c1-20-16(19)14-15-12(7-8-22-15)13(9-17-14)18-21-10-11-5-3-2-4-6-11/h2-8,13-14,17-18H,9-10H2,1H3. The summed E-state index contributed by atoms with van der Waals surface area (Å²) in [6.07, 6.45) is 0. The van der Waals surface area contributed by atoms with Crippen LogP contribution >= 0.6 is 11.3 Å². The zero-order valence-electron chi connectivity index (χ0n) is 12.2. The summed E-state index contributed by atoms with van der Waals surface area (Å²) in [6.45, 7) is 1.11. The van der Waals surface area contributed by atoms with Crippen LogP contribution in [-0.4, -0.2) is 19.6 Å². The van der Waals surface area contributed by atoms with Crippen molar-refractivity contribution in [3.8, 4) is 0 Å². The maximum atomic E-state index is 11.8. The molecule has 6 heteroatoms. The van der Waals surface area contributed by atoms with E-state index in [9.17, 15) is 4.79 Å². The minimum atomic E-state index is -0.382. The highest BCUT2D eigenvalue weighted by molar-refractivity contribution is 7.10. The number of hydroxylamine groups is 1. The predicted molar refractivity (Wildman–Crippen MR) is 84.2 cm³/mol. The minimum Gasteiger partial charge on any atom is -0.468 e. The van der Waals surface area contributed by atoms with Crippen LogP contribution in [0.2, 0.25) is 0 Å². The van der Waals surface area contributed by atoms with Crippen LogP contribution in [0.15, 0.2) is 41.8 Å². The molecule has 2 unspecified atom stereocenters. The van der Waals surface area contributed by atoms with E-state index in [1.807, 2.05) is 41.8 Å². The molecule has 0 saturated heterocycles. The van der Waals surface area contributed by atoms with Gasteiger partial charge in [0, 0.05) is 11.4 Å². The lowest BCUT2D eigenvalue weighted by Crippen LogP contribution is -2.41. The molecule has 2 N–H and O–H groups in total. The van der Waals surface area contributed by atoms with Gasteiger partial charge in [-0.3, -0.25) is 10.2 Å². The van der Waals surface area contributed by atoms with Gasteiger partial charge in [-0.05, 0) is 22.6 Å². The van der Waals surface area contributed by atoms with Crippen molar-refractivity contribution in [1.82, 2.24) is 10.8 Å². The van der Waals surface area contributed by atoms with Gasteiger partial charge in [-0.15, -0.1) is 11.3 Å². The van der Waals surface area contributed by atoms with E-state index in [1.54, 1.807) is 11.3 Å². The van der Waals surface area contributed by atoms with E-state index in [1.165, 1.54) is 7.11 Å². The van der Waals surface area contributed by atoms with E-state index >= 15 is 0 Å². The zero-order valence-corrected chi connectivity index (χ0v) is 13.1. The first-order valence-corrected chi connectivity index (χ1v) is 7.97. The Bertz CT molecular complexity index is 629. The molecule has 0 bridgehead atoms. The van der Waals surface area contributed by atoms with Gasteiger partial charge in [0.05, 0.1) is 19.8 Å². The van der Waals surface area contributed by atoms with Gasteiger partial charge >= 0.3 is 5.97 Å². The molecule has 116 valence electrons. The Morgan fingerprint density at radius 2 is 2.18 bits per heavy atom. The van der Waals surface area contributed by atoms with E-state index < -0.39 is 0 Å². The number of fused-ring (bicyclic) bond motifs is 1. The number of benzene rings is 1. The summed E-state index contributed by atoms with van der Waals surface area (Å²) in [5.41, 5.74) is 5.28. The van der Waals surface area contributed by atoms with Crippen LogP contribution in [-0.2, 0) is 21.0 Å². The van der Waals surface area contributed by atoms with E-state index in [2.05, 4.69) is 10.8 Å². The molecule has 0 fully saturated rings. The van der Waals surface area contributed by atoms with Crippen molar-refractivity contribution in [3.05, 3.63) is 57.8 Å². The summed E-state index contributed by atoms with van der Waals surface area (Å²) in [6, 6.07) is 11.6. The smallest absolute Gasteiger partial charge is 0.328 e. The Balaban J connectivity index is 1.62. The van der Waals surface area contributed by atoms with E-state index in [0.29, 0.717) is 13.2 Å². The highest BCUT2D eigenvalue weighted by Gasteiger charge is 2.33. The van der Waals surface area contributed by atoms with Gasteiger partial charge in [0.1, 0.15) is 6.04 Å². The SMILES string of the molecule is COC(=O)C1NCC(NOCc2ccccc2)c2ccsc21. The average molecular weight is 318 g/mol. The van der Waals surface area contributed by atoms with Crippen molar-refractivity contribution in [2.24, 2.45) is 0 Å². The van der Waals surface area contributed by atoms with Gasteiger partial charge in [-0.25, -0.2) is 4.79 Å². The number of hydrogen-bond acceptors (Lipinski definition) is 6. The largest absolute Gasteiger partial charge is 0.468 e. The van der Waals surface area contributed by atoms with Crippen molar-refractivity contribution >= 4 is 17.3 Å². The third kappa shape index (κ3) is 3.20. The summed E-state index contributed by atoms with van der Waals surface area (Å²) >= 11 is 1.55. The van der Waals surface area contributed by atoms with Crippen molar-refractivity contribution in [3.63, 3.8) is 0 Å². The fourth-order valence-electron chi connectivity index (χ4n) is 2.50. The lowest BCUT2D eigenvalue weighted by Gasteiger charge is -2.29. The van der Waals surface area contributed by atoms with E-state index in [4.69, 9.17) is 9.57 Å². The molecular weight excluding hydrogens is 300 g/mol. The average Bonchev–Trinajstić information content (AvgIpc) is 3.05. The predicted octanol–water partition coefficient (Wildman–Crippen LogP) is 2.33. The van der Waals surface area contributed by atoms with Crippen molar-refractivity contribution in [2.75, 3.05) is 13.7 Å². The number of thiophene rings is 1. The summed E-state index contributed by atoms with van der Waals surface area (Å²) in [4.78, 5) is 18.4. The molecule has 1 aromatic heterocycles. The van der Waals surface area contributed by atoms with E-state index in [-0.39, 0.29) is 18.1 Å². The van der Waals surface area contributed by atoms with Crippen molar-refractivity contribution in [2.45, 2.75) is 18.7 Å². The molecule has 0 radical (unpaired) electrons. The zero-order chi connectivity index (χ0) is 15.4. The van der Waals surface area contributed by atoms with Crippen LogP contribution in [0.3, 0.4) is 0 Å². The number of methoxy groups -OCH3 is 1. The molecule has 1 aliphatic rings. The van der Waals surface area contributed by atoms with Gasteiger partial charge in [0.15, 0.2) is 0 Å². The molecule has 0 spiro atoms. The van der Waals surface area contributed by atoms with Gasteiger partial charge in [0.2, 0.25) is 0 Å². The number of ether oxygens (including phenoxy) is 1. The van der Waals surface area contributed by atoms with Crippen LogP contribution in [0.1, 0.15) is 28.1 Å². The number of esters is 1. The van der Waals surface area contributed by atoms with Crippen LogP contribution < -0.4 is 10.8 Å². The van der Waals surface area contributed by atoms with Gasteiger partial charge in [-0.1, -0.05) is 30.3 Å². The molecular formula is C16H18N2O3S. The number of nitrogens with one attached hydrogen (secondary N) is 2. The second-order valence-electron chi connectivity index (χ2n) is 5.05. The number of carbonyl (C=O) groups is 1. The Hall–Kier alpha value is -1.73. The lowest BCUT2D eigenvalue weighted by atomic mass is 10.00. The molecule has 2 atom stereocenters. The molecule has 0 amide bonds. The fraction of sp³-hybridized carbons (Fsp3) is 0.312. The summed E-state index contributed by atoms with van der Waals surface area (Å²) in [5.74, 6) is -0.257. The van der Waals surface area contributed by atoms with Gasteiger partial charge < -0.3 is 4.74 Å². The highest BCUT2D eigenvalue weighted by Crippen LogP contribution is 2.33. The lowest BCUT2D eigenvalue weighted by molar-refractivity contribution is -0.143. The monoisotopic (exact) mass is 318 g/mol. The third-order valence-corrected chi connectivity index (χ3v) is 4.63. The van der Waals surface area contributed by atoms with Crippen molar-refractivity contribution in [1.29, 1.82) is 0 Å². The van der Waals surface area contributed by atoms with Crippen LogP contribution in [0.4, 0.5) is 0 Å². The van der Waals surface area contributed by atoms with Crippen molar-refractivity contribution < 1.29 is 14.4 Å². The Labute approximate surface area is 133 Å². The molecule has 1 aromatic carbocycles. The molecule has 0 aliphatic carbocycles. The summed E-state index contributed by atoms with van der Waals surface area (Å²) < 4.78 is 4.84. The van der Waals surface area contributed by atoms with Crippen LogP contribution in [0.5, 0.6) is 0 Å². The molecule has 3 rings (SSSR count). The minimum absolute atomic E-state index is 0.0193. The third-order valence-electron chi connectivity index (χ3n) is 3.63. The summed E-state index contributed by atoms with van der Waals surface area (Å²) in [7, 11) is 1.41. The maximum Gasteiger partial charge on any atom is 0.328 e. The molecule has 22 heavy (non-hydrogen) atoms. The Kier molecular flexibility index (Phi) is 4.84. The Morgan fingerprint density at radius 3 is 2.95 bits per heavy atom. The second kappa shape index (κ2) is 7.02. The van der Waals surface area contributed by atoms with Gasteiger partial charge in [-0.2, -0.15) is 5.48 Å². The first kappa shape index (κ1) is 15.2. The Morgan fingerprint density at radius 1 is 1.36 bits per heavy atom. The maximum absolute atomic E-state index is 11.8. The first-order chi connectivity index (χ1) is 10.8. The summed E-state index contributed by atoms with van der Waals surface area (Å²) in [5, 5.41) is 5.19. The highest BCUT2D eigenvalue weighted by atomic mass is 32.1. The van der Waals surface area contributed by atoms with Crippen LogP contribution in [0, 0.1) is 0 Å². The molecule has 0 saturated carbocycles.